The second-order valence-electron chi connectivity index (χ2n) is 15.2. The Balaban J connectivity index is 1.10. The molecule has 0 bridgehead atoms. The average molecular weight is 757 g/mol. The minimum Gasteiger partial charge on any atom is -0.455 e. The maximum atomic E-state index is 6.61. The number of para-hydroxylation sites is 4. The Morgan fingerprint density at radius 2 is 0.810 bits per heavy atom. The van der Waals surface area contributed by atoms with E-state index in [1.54, 1.807) is 0 Å². The quantitative estimate of drug-likeness (QED) is 0.122. The van der Waals surface area contributed by atoms with Gasteiger partial charge in [0, 0.05) is 38.3 Å². The Labute approximate surface area is 336 Å². The number of aromatic nitrogens is 2. The van der Waals surface area contributed by atoms with E-state index in [0.717, 1.165) is 49.7 Å². The number of nitrogens with zero attached hydrogens (tertiary/aromatic N) is 2. The van der Waals surface area contributed by atoms with Crippen molar-refractivity contribution in [3.63, 3.8) is 0 Å². The monoisotopic (exact) mass is 756 g/mol. The molecule has 0 spiro atoms. The Hall–Kier alpha value is -7.40. The van der Waals surface area contributed by atoms with Crippen molar-refractivity contribution in [3.05, 3.63) is 218 Å². The molecule has 0 aliphatic carbocycles. The van der Waals surface area contributed by atoms with E-state index >= 15 is 0 Å². The van der Waals surface area contributed by atoms with E-state index in [-0.39, 0.29) is 0 Å². The zero-order valence-corrected chi connectivity index (χ0v) is 32.6. The van der Waals surface area contributed by atoms with Gasteiger partial charge in [0.25, 0.3) is 0 Å². The summed E-state index contributed by atoms with van der Waals surface area (Å²) >= 11 is 0. The third-order valence-corrected chi connectivity index (χ3v) is 17.0. The van der Waals surface area contributed by atoms with Gasteiger partial charge in [-0.15, -0.1) is 0 Å². The first-order valence-electron chi connectivity index (χ1n) is 19.9. The summed E-state index contributed by atoms with van der Waals surface area (Å²) in [6.45, 7) is 0. The van der Waals surface area contributed by atoms with Gasteiger partial charge in [-0.25, -0.2) is 0 Å². The van der Waals surface area contributed by atoms with E-state index < -0.39 is 8.07 Å². The lowest BCUT2D eigenvalue weighted by atomic mass is 10.1. The van der Waals surface area contributed by atoms with Crippen LogP contribution in [-0.2, 0) is 0 Å². The number of rotatable bonds is 6. The van der Waals surface area contributed by atoms with Crippen LogP contribution in [0.1, 0.15) is 0 Å². The first kappa shape index (κ1) is 32.8. The van der Waals surface area contributed by atoms with E-state index in [0.29, 0.717) is 0 Å². The summed E-state index contributed by atoms with van der Waals surface area (Å²) < 4.78 is 11.4. The van der Waals surface area contributed by atoms with Crippen LogP contribution in [0.5, 0.6) is 0 Å². The van der Waals surface area contributed by atoms with Gasteiger partial charge in [0.1, 0.15) is 11.2 Å². The van der Waals surface area contributed by atoms with Crippen LogP contribution in [0.4, 0.5) is 0 Å². The smallest absolute Gasteiger partial charge is 0.179 e. The third-order valence-electron chi connectivity index (χ3n) is 12.3. The Morgan fingerprint density at radius 3 is 1.47 bits per heavy atom. The minimum absolute atomic E-state index is 0.913. The Kier molecular flexibility index (Phi) is 7.25. The van der Waals surface area contributed by atoms with E-state index in [1.807, 2.05) is 6.07 Å². The van der Waals surface area contributed by atoms with Crippen LogP contribution in [0.3, 0.4) is 0 Å². The molecule has 0 saturated carbocycles. The molecule has 0 N–H and O–H groups in total. The number of hydrogen-bond acceptors (Lipinski definition) is 1. The third kappa shape index (κ3) is 4.67. The normalized spacial score (nSPS) is 12.1. The van der Waals surface area contributed by atoms with Gasteiger partial charge in [-0.1, -0.05) is 158 Å². The lowest BCUT2D eigenvalue weighted by Gasteiger charge is -2.35. The number of fused-ring (bicyclic) bond motifs is 10. The highest BCUT2D eigenvalue weighted by Crippen LogP contribution is 2.40. The lowest BCUT2D eigenvalue weighted by Crippen LogP contribution is -2.74. The topological polar surface area (TPSA) is 23.0 Å². The maximum Gasteiger partial charge on any atom is 0.179 e. The summed E-state index contributed by atoms with van der Waals surface area (Å²) in [5.41, 5.74) is 8.85. The largest absolute Gasteiger partial charge is 0.455 e. The molecule has 0 aliphatic rings. The molecule has 0 radical (unpaired) electrons. The highest BCUT2D eigenvalue weighted by Gasteiger charge is 2.41. The van der Waals surface area contributed by atoms with Crippen LogP contribution >= 0.6 is 0 Å². The average Bonchev–Trinajstić information content (AvgIpc) is 3.96. The fourth-order valence-corrected chi connectivity index (χ4v) is 14.6. The molecule has 3 heterocycles. The van der Waals surface area contributed by atoms with Crippen molar-refractivity contribution >= 4 is 94.4 Å². The van der Waals surface area contributed by atoms with Crippen molar-refractivity contribution in [2.24, 2.45) is 0 Å². The Morgan fingerprint density at radius 1 is 0.310 bits per heavy atom. The summed E-state index contributed by atoms with van der Waals surface area (Å²) in [5.74, 6) is 0. The van der Waals surface area contributed by atoms with Crippen LogP contribution in [0.15, 0.2) is 223 Å². The van der Waals surface area contributed by atoms with Gasteiger partial charge < -0.3 is 13.6 Å². The summed E-state index contributed by atoms with van der Waals surface area (Å²) in [6, 6.07) is 80.3. The molecule has 0 saturated heterocycles. The van der Waals surface area contributed by atoms with Crippen molar-refractivity contribution in [2.75, 3.05) is 0 Å². The van der Waals surface area contributed by atoms with Crippen LogP contribution in [0.2, 0.25) is 0 Å². The highest BCUT2D eigenvalue weighted by molar-refractivity contribution is 7.19. The van der Waals surface area contributed by atoms with E-state index in [4.69, 9.17) is 4.42 Å². The molecule has 3 nitrogen and oxygen atoms in total. The van der Waals surface area contributed by atoms with Crippen molar-refractivity contribution < 1.29 is 4.42 Å². The van der Waals surface area contributed by atoms with Gasteiger partial charge in [-0.2, -0.15) is 0 Å². The summed E-state index contributed by atoms with van der Waals surface area (Å²) in [5, 5.41) is 12.5. The molecule has 0 aliphatic heterocycles. The van der Waals surface area contributed by atoms with Gasteiger partial charge >= 0.3 is 0 Å². The molecule has 0 amide bonds. The molecule has 12 aromatic rings. The van der Waals surface area contributed by atoms with Crippen molar-refractivity contribution in [3.8, 4) is 11.4 Å². The van der Waals surface area contributed by atoms with Gasteiger partial charge in [-0.05, 0) is 81.4 Å². The molecule has 4 heteroatoms. The second kappa shape index (κ2) is 12.8. The molecule has 9 aromatic carbocycles. The first-order chi connectivity index (χ1) is 28.8. The zero-order valence-electron chi connectivity index (χ0n) is 31.6. The van der Waals surface area contributed by atoms with Gasteiger partial charge in [-0.3, -0.25) is 0 Å². The van der Waals surface area contributed by atoms with Crippen LogP contribution in [-0.4, -0.2) is 17.2 Å². The van der Waals surface area contributed by atoms with Crippen molar-refractivity contribution in [1.29, 1.82) is 0 Å². The summed E-state index contributed by atoms with van der Waals surface area (Å²) in [4.78, 5) is 0. The number of furan rings is 1. The molecule has 3 aromatic heterocycles. The van der Waals surface area contributed by atoms with Crippen LogP contribution in [0.25, 0.3) is 76.9 Å². The standard InChI is InChI=1S/C54H36N2OSi/c1-3-17-39(18-4-1)58(40-19-5-2-6-20-40,42-21-15-16-38(36-42)56-48-26-11-7-22-43(48)44-23-8-12-27-49(44)56)41-32-30-37(31-33-41)55-50-28-13-9-25-47(50)53-51(55)35-34-46-45-24-10-14-29-52(45)57-54(46)53/h1-36H. The molecule has 0 fully saturated rings. The number of hydrogen-bond donors (Lipinski definition) is 0. The predicted octanol–water partition coefficient (Wildman–Crippen LogP) is 11.2. The summed E-state index contributed by atoms with van der Waals surface area (Å²) in [7, 11) is -2.89. The van der Waals surface area contributed by atoms with Gasteiger partial charge in [0.05, 0.1) is 27.5 Å². The SMILES string of the molecule is c1ccc([Si](c2ccccc2)(c2ccc(-n3c4ccccc4c4c5oc6ccccc6c5ccc43)cc2)c2cccc(-n3c4ccccc4c4ccccc43)c2)cc1. The maximum absolute atomic E-state index is 6.61. The fourth-order valence-electron chi connectivity index (χ4n) is 9.83. The van der Waals surface area contributed by atoms with Crippen molar-refractivity contribution in [1.82, 2.24) is 9.13 Å². The van der Waals surface area contributed by atoms with Gasteiger partial charge in [0.15, 0.2) is 8.07 Å². The fraction of sp³-hybridized carbons (Fsp3) is 0. The molecule has 0 atom stereocenters. The second-order valence-corrected chi connectivity index (χ2v) is 19.0. The molecule has 12 rings (SSSR count). The van der Waals surface area contributed by atoms with Gasteiger partial charge in [0.2, 0.25) is 0 Å². The van der Waals surface area contributed by atoms with E-state index in [9.17, 15) is 0 Å². The predicted molar refractivity (Wildman–Crippen MR) is 246 cm³/mol. The van der Waals surface area contributed by atoms with Crippen LogP contribution < -0.4 is 20.7 Å². The van der Waals surface area contributed by atoms with E-state index in [1.165, 1.54) is 47.9 Å². The molecule has 0 unspecified atom stereocenters. The molecular formula is C54H36N2OSi. The van der Waals surface area contributed by atoms with Crippen molar-refractivity contribution in [2.45, 2.75) is 0 Å². The number of benzene rings is 9. The summed E-state index contributed by atoms with van der Waals surface area (Å²) in [6.07, 6.45) is 0. The molecule has 272 valence electrons. The lowest BCUT2D eigenvalue weighted by molar-refractivity contribution is 0.673. The molecule has 58 heavy (non-hydrogen) atoms. The first-order valence-corrected chi connectivity index (χ1v) is 21.9. The van der Waals surface area contributed by atoms with Crippen LogP contribution in [0, 0.1) is 0 Å². The zero-order chi connectivity index (χ0) is 38.2. The minimum atomic E-state index is -2.89. The highest BCUT2D eigenvalue weighted by atomic mass is 28.3. The van der Waals surface area contributed by atoms with E-state index in [2.05, 4.69) is 221 Å². The molecular weight excluding hydrogens is 721 g/mol. The Bertz CT molecular complexity index is 3410.